The van der Waals surface area contributed by atoms with Gasteiger partial charge in [-0.1, -0.05) is 0 Å². The molecule has 22 heavy (non-hydrogen) atoms. The van der Waals surface area contributed by atoms with Crippen LogP contribution in [0.5, 0.6) is 0 Å². The molecule has 1 unspecified atom stereocenters. The van der Waals surface area contributed by atoms with Crippen molar-refractivity contribution in [2.45, 2.75) is 39.0 Å². The lowest BCUT2D eigenvalue weighted by molar-refractivity contribution is -0.174. The largest absolute Gasteiger partial charge is 0.444 e. The number of alkyl halides is 3. The fourth-order valence-electron chi connectivity index (χ4n) is 2.23. The summed E-state index contributed by atoms with van der Waals surface area (Å²) in [6.45, 7) is 7.37. The first-order valence-corrected chi connectivity index (χ1v) is 7.50. The predicted molar refractivity (Wildman–Crippen MR) is 77.5 cm³/mol. The normalized spacial score (nSPS) is 19.1. The number of rotatable bonds is 4. The monoisotopic (exact) mass is 325 g/mol. The lowest BCUT2D eigenvalue weighted by Crippen LogP contribution is -2.50. The molecular weight excluding hydrogens is 299 g/mol. The number of carbonyl (C=O) groups is 1. The highest BCUT2D eigenvalue weighted by Crippen LogP contribution is 2.28. The van der Waals surface area contributed by atoms with Crippen LogP contribution >= 0.6 is 0 Å². The van der Waals surface area contributed by atoms with E-state index in [9.17, 15) is 18.0 Å². The van der Waals surface area contributed by atoms with Gasteiger partial charge >= 0.3 is 12.3 Å². The van der Waals surface area contributed by atoms with Gasteiger partial charge in [0.05, 0.1) is 5.92 Å². The van der Waals surface area contributed by atoms with Crippen molar-refractivity contribution in [3.05, 3.63) is 0 Å². The number of nitrogens with zero attached hydrogens (tertiary/aromatic N) is 2. The molecule has 0 aromatic heterocycles. The van der Waals surface area contributed by atoms with E-state index in [-0.39, 0.29) is 19.1 Å². The van der Waals surface area contributed by atoms with Crippen molar-refractivity contribution in [1.29, 1.82) is 0 Å². The molecule has 1 amide bonds. The van der Waals surface area contributed by atoms with Gasteiger partial charge in [0.15, 0.2) is 0 Å². The Balaban J connectivity index is 2.35. The molecule has 1 rings (SSSR count). The maximum Gasteiger partial charge on any atom is 0.410 e. The molecule has 0 aliphatic carbocycles. The Labute approximate surface area is 129 Å². The quantitative estimate of drug-likeness (QED) is 0.860. The molecule has 0 saturated carbocycles. The number of carbonyl (C=O) groups excluding carboxylic acids is 1. The van der Waals surface area contributed by atoms with Crippen molar-refractivity contribution < 1.29 is 22.7 Å². The summed E-state index contributed by atoms with van der Waals surface area (Å²) in [6, 6.07) is 0. The third kappa shape index (κ3) is 6.39. The fraction of sp³-hybridized carbons (Fsp3) is 0.929. The average molecular weight is 325 g/mol. The summed E-state index contributed by atoms with van der Waals surface area (Å²) in [5, 5.41) is 0. The lowest BCUT2D eigenvalue weighted by Gasteiger charge is -2.36. The van der Waals surface area contributed by atoms with Crippen LogP contribution in [0.4, 0.5) is 18.0 Å². The maximum atomic E-state index is 12.6. The molecule has 1 aliphatic heterocycles. The number of piperazine rings is 1. The van der Waals surface area contributed by atoms with Crippen LogP contribution < -0.4 is 5.73 Å². The third-order valence-corrected chi connectivity index (χ3v) is 3.57. The number of halogens is 3. The maximum absolute atomic E-state index is 12.6. The zero-order chi connectivity index (χ0) is 17.0. The van der Waals surface area contributed by atoms with Gasteiger partial charge in [-0.3, -0.25) is 4.90 Å². The van der Waals surface area contributed by atoms with Crippen LogP contribution in [0.1, 0.15) is 27.2 Å². The molecule has 0 bridgehead atoms. The van der Waals surface area contributed by atoms with E-state index in [1.807, 2.05) is 4.90 Å². The van der Waals surface area contributed by atoms with Crippen molar-refractivity contribution in [2.24, 2.45) is 11.7 Å². The van der Waals surface area contributed by atoms with Gasteiger partial charge in [-0.25, -0.2) is 4.79 Å². The summed E-state index contributed by atoms with van der Waals surface area (Å²) in [6.07, 6.45) is -4.62. The van der Waals surface area contributed by atoms with E-state index in [4.69, 9.17) is 10.5 Å². The van der Waals surface area contributed by atoms with Gasteiger partial charge in [0.25, 0.3) is 0 Å². The standard InChI is InChI=1S/C14H26F3N3O2/c1-13(2,3)22-12(21)20-8-6-19(7-9-20)5-4-11(10-18)14(15,16)17/h11H,4-10,18H2,1-3H3. The van der Waals surface area contributed by atoms with E-state index in [2.05, 4.69) is 0 Å². The highest BCUT2D eigenvalue weighted by Gasteiger charge is 2.38. The molecule has 0 aromatic carbocycles. The molecule has 8 heteroatoms. The Morgan fingerprint density at radius 2 is 1.73 bits per heavy atom. The van der Waals surface area contributed by atoms with Crippen molar-refractivity contribution in [1.82, 2.24) is 9.80 Å². The molecule has 0 aromatic rings. The smallest absolute Gasteiger partial charge is 0.410 e. The summed E-state index contributed by atoms with van der Waals surface area (Å²) < 4.78 is 43.2. The van der Waals surface area contributed by atoms with Gasteiger partial charge in [-0.05, 0) is 33.7 Å². The fourth-order valence-corrected chi connectivity index (χ4v) is 2.23. The second kappa shape index (κ2) is 7.50. The molecular formula is C14H26F3N3O2. The van der Waals surface area contributed by atoms with Gasteiger partial charge in [0.2, 0.25) is 0 Å². The molecule has 1 saturated heterocycles. The summed E-state index contributed by atoms with van der Waals surface area (Å²) in [7, 11) is 0. The van der Waals surface area contributed by atoms with Crippen LogP contribution in [-0.4, -0.2) is 66.9 Å². The van der Waals surface area contributed by atoms with Crippen LogP contribution in [0.2, 0.25) is 0 Å². The predicted octanol–water partition coefficient (Wildman–Crippen LogP) is 2.07. The topological polar surface area (TPSA) is 58.8 Å². The second-order valence-electron chi connectivity index (χ2n) is 6.57. The van der Waals surface area contributed by atoms with Gasteiger partial charge < -0.3 is 15.4 Å². The van der Waals surface area contributed by atoms with Gasteiger partial charge in [-0.2, -0.15) is 13.2 Å². The molecule has 0 radical (unpaired) electrons. The minimum absolute atomic E-state index is 0.00750. The minimum atomic E-state index is -4.24. The van der Waals surface area contributed by atoms with Crippen LogP contribution in [-0.2, 0) is 4.74 Å². The van der Waals surface area contributed by atoms with E-state index in [1.54, 1.807) is 25.7 Å². The van der Waals surface area contributed by atoms with Crippen LogP contribution in [0.15, 0.2) is 0 Å². The average Bonchev–Trinajstić information content (AvgIpc) is 2.36. The number of ether oxygens (including phenoxy) is 1. The van der Waals surface area contributed by atoms with E-state index in [1.165, 1.54) is 0 Å². The highest BCUT2D eigenvalue weighted by molar-refractivity contribution is 5.68. The molecule has 1 fully saturated rings. The van der Waals surface area contributed by atoms with E-state index < -0.39 is 17.7 Å². The first-order chi connectivity index (χ1) is 10.0. The minimum Gasteiger partial charge on any atom is -0.444 e. The van der Waals surface area contributed by atoms with Crippen molar-refractivity contribution >= 4 is 6.09 Å². The first kappa shape index (κ1) is 19.0. The molecule has 0 spiro atoms. The molecule has 1 aliphatic rings. The number of hydrogen-bond acceptors (Lipinski definition) is 4. The summed E-state index contributed by atoms with van der Waals surface area (Å²) >= 11 is 0. The Hall–Kier alpha value is -1.02. The number of amides is 1. The van der Waals surface area contributed by atoms with Gasteiger partial charge in [0.1, 0.15) is 5.60 Å². The lowest BCUT2D eigenvalue weighted by atomic mass is 10.0. The van der Waals surface area contributed by atoms with E-state index in [0.717, 1.165) is 0 Å². The Bertz CT molecular complexity index is 361. The highest BCUT2D eigenvalue weighted by atomic mass is 19.4. The van der Waals surface area contributed by atoms with Crippen LogP contribution in [0.3, 0.4) is 0 Å². The Morgan fingerprint density at radius 1 is 1.18 bits per heavy atom. The molecule has 5 nitrogen and oxygen atoms in total. The van der Waals surface area contributed by atoms with Gasteiger partial charge in [-0.15, -0.1) is 0 Å². The summed E-state index contributed by atoms with van der Waals surface area (Å²) in [5.74, 6) is -1.46. The Morgan fingerprint density at radius 3 is 2.14 bits per heavy atom. The van der Waals surface area contributed by atoms with Crippen molar-refractivity contribution in [3.8, 4) is 0 Å². The zero-order valence-corrected chi connectivity index (χ0v) is 13.4. The molecule has 2 N–H and O–H groups in total. The van der Waals surface area contributed by atoms with Crippen molar-refractivity contribution in [2.75, 3.05) is 39.3 Å². The SMILES string of the molecule is CC(C)(C)OC(=O)N1CCN(CCC(CN)C(F)(F)F)CC1. The number of hydrogen-bond donors (Lipinski definition) is 1. The summed E-state index contributed by atoms with van der Waals surface area (Å²) in [4.78, 5) is 15.4. The second-order valence-corrected chi connectivity index (χ2v) is 6.57. The Kier molecular flexibility index (Phi) is 6.49. The van der Waals surface area contributed by atoms with Crippen LogP contribution in [0, 0.1) is 5.92 Å². The first-order valence-electron chi connectivity index (χ1n) is 7.50. The van der Waals surface area contributed by atoms with Gasteiger partial charge in [0, 0.05) is 32.7 Å². The molecule has 1 atom stereocenters. The molecule has 1 heterocycles. The third-order valence-electron chi connectivity index (χ3n) is 3.57. The zero-order valence-electron chi connectivity index (χ0n) is 13.4. The van der Waals surface area contributed by atoms with Crippen LogP contribution in [0.25, 0.3) is 0 Å². The molecule has 130 valence electrons. The number of nitrogens with two attached hydrogens (primary N) is 1. The van der Waals surface area contributed by atoms with Crippen molar-refractivity contribution in [3.63, 3.8) is 0 Å². The summed E-state index contributed by atoms with van der Waals surface area (Å²) in [5.41, 5.74) is 4.64. The van der Waals surface area contributed by atoms with E-state index in [0.29, 0.717) is 32.7 Å². The van der Waals surface area contributed by atoms with E-state index >= 15 is 0 Å².